The van der Waals surface area contributed by atoms with E-state index in [0.717, 1.165) is 12.6 Å². The SMILES string of the molecule is CCOC(COCCOc1ccc(C=O)cc1OC)Oc1ccc(C=O)cc1OC.[H-].[K+]. The summed E-state index contributed by atoms with van der Waals surface area (Å²) in [4.78, 5) is 21.8. The van der Waals surface area contributed by atoms with Crippen molar-refractivity contribution in [1.29, 1.82) is 0 Å². The predicted molar refractivity (Wildman–Crippen MR) is 110 cm³/mol. The van der Waals surface area contributed by atoms with Gasteiger partial charge in [0.05, 0.1) is 20.8 Å². The Morgan fingerprint density at radius 2 is 1.45 bits per heavy atom. The van der Waals surface area contributed by atoms with Gasteiger partial charge in [-0.2, -0.15) is 0 Å². The smallest absolute Gasteiger partial charge is 1.00 e. The number of rotatable bonds is 14. The summed E-state index contributed by atoms with van der Waals surface area (Å²) in [6.07, 6.45) is 0.814. The van der Waals surface area contributed by atoms with Crippen LogP contribution in [0, 0.1) is 0 Å². The van der Waals surface area contributed by atoms with Gasteiger partial charge in [-0.15, -0.1) is 0 Å². The molecule has 0 bridgehead atoms. The predicted octanol–water partition coefficient (Wildman–Crippen LogP) is 0.282. The van der Waals surface area contributed by atoms with Crippen molar-refractivity contribution in [2.45, 2.75) is 13.2 Å². The van der Waals surface area contributed by atoms with Crippen molar-refractivity contribution >= 4 is 12.6 Å². The first-order chi connectivity index (χ1) is 14.6. The summed E-state index contributed by atoms with van der Waals surface area (Å²) in [6.45, 7) is 3.00. The first-order valence-electron chi connectivity index (χ1n) is 9.40. The van der Waals surface area contributed by atoms with Gasteiger partial charge in [-0.1, -0.05) is 0 Å². The summed E-state index contributed by atoms with van der Waals surface area (Å²) in [5.41, 5.74) is 0.987. The molecule has 9 heteroatoms. The molecule has 0 aliphatic rings. The van der Waals surface area contributed by atoms with Gasteiger partial charge >= 0.3 is 51.4 Å². The molecule has 0 spiro atoms. The fraction of sp³-hybridized carbons (Fsp3) is 0.364. The van der Waals surface area contributed by atoms with Crippen molar-refractivity contribution in [3.63, 3.8) is 0 Å². The van der Waals surface area contributed by atoms with Crippen molar-refractivity contribution in [3.8, 4) is 23.0 Å². The molecule has 2 rings (SSSR count). The summed E-state index contributed by atoms with van der Waals surface area (Å²) in [5.74, 6) is 1.87. The van der Waals surface area contributed by atoms with E-state index in [1.165, 1.54) is 14.2 Å². The van der Waals surface area contributed by atoms with Crippen LogP contribution in [0.2, 0.25) is 0 Å². The van der Waals surface area contributed by atoms with Crippen molar-refractivity contribution in [1.82, 2.24) is 0 Å². The fourth-order valence-corrected chi connectivity index (χ4v) is 2.57. The van der Waals surface area contributed by atoms with Crippen LogP contribution >= 0.6 is 0 Å². The third-order valence-electron chi connectivity index (χ3n) is 4.00. The molecule has 0 saturated heterocycles. The quantitative estimate of drug-likeness (QED) is 0.173. The number of hydrogen-bond donors (Lipinski definition) is 0. The molecule has 0 saturated carbocycles. The Bertz CT molecular complexity index is 834. The minimum atomic E-state index is -0.660. The number of methoxy groups -OCH3 is 2. The Kier molecular flexibility index (Phi) is 13.7. The Morgan fingerprint density at radius 3 is 2.00 bits per heavy atom. The number of carbonyl (C=O) groups excluding carboxylic acids is 2. The molecule has 0 aliphatic heterocycles. The fourth-order valence-electron chi connectivity index (χ4n) is 2.57. The summed E-state index contributed by atoms with van der Waals surface area (Å²) in [7, 11) is 3.00. The zero-order valence-corrected chi connectivity index (χ0v) is 21.4. The van der Waals surface area contributed by atoms with Crippen molar-refractivity contribution < 1.29 is 90.8 Å². The number of aldehydes is 2. The van der Waals surface area contributed by atoms with E-state index in [9.17, 15) is 9.59 Å². The first kappa shape index (κ1) is 27.6. The Balaban J connectivity index is 0.00000480. The molecule has 164 valence electrons. The maximum Gasteiger partial charge on any atom is 1.00 e. The minimum absolute atomic E-state index is 0. The molecule has 1 unspecified atom stereocenters. The molecule has 8 nitrogen and oxygen atoms in total. The number of hydrogen-bond acceptors (Lipinski definition) is 8. The summed E-state index contributed by atoms with van der Waals surface area (Å²) in [5, 5.41) is 0. The maximum absolute atomic E-state index is 10.9. The molecule has 0 amide bonds. The van der Waals surface area contributed by atoms with Gasteiger partial charge in [0.15, 0.2) is 23.0 Å². The summed E-state index contributed by atoms with van der Waals surface area (Å²) < 4.78 is 33.1. The van der Waals surface area contributed by atoms with Crippen LogP contribution in [0.5, 0.6) is 23.0 Å². The average molecular weight is 459 g/mol. The maximum atomic E-state index is 10.9. The largest absolute Gasteiger partial charge is 1.00 e. The van der Waals surface area contributed by atoms with E-state index in [2.05, 4.69) is 0 Å². The van der Waals surface area contributed by atoms with Gasteiger partial charge in [0.1, 0.15) is 25.8 Å². The van der Waals surface area contributed by atoms with Gasteiger partial charge in [-0.3, -0.25) is 9.59 Å². The second kappa shape index (κ2) is 15.4. The molecule has 0 N–H and O–H groups in total. The van der Waals surface area contributed by atoms with E-state index < -0.39 is 6.29 Å². The topological polar surface area (TPSA) is 89.5 Å². The normalized spacial score (nSPS) is 11.1. The van der Waals surface area contributed by atoms with E-state index in [0.29, 0.717) is 40.7 Å². The number of ether oxygens (including phenoxy) is 6. The molecule has 0 aromatic heterocycles. The Labute approximate surface area is 226 Å². The van der Waals surface area contributed by atoms with E-state index in [1.54, 1.807) is 36.4 Å². The zero-order valence-electron chi connectivity index (χ0n) is 19.3. The van der Waals surface area contributed by atoms with E-state index >= 15 is 0 Å². The second-order valence-electron chi connectivity index (χ2n) is 5.98. The number of carbonyl (C=O) groups is 2. The molecule has 1 atom stereocenters. The monoisotopic (exact) mass is 458 g/mol. The van der Waals surface area contributed by atoms with Crippen molar-refractivity contribution in [2.75, 3.05) is 40.6 Å². The molecular weight excluding hydrogens is 431 g/mol. The van der Waals surface area contributed by atoms with Crippen LogP contribution < -0.4 is 70.3 Å². The minimum Gasteiger partial charge on any atom is -1.00 e. The Morgan fingerprint density at radius 1 is 0.871 bits per heavy atom. The standard InChI is InChI=1S/C22H26O8.K.H/c1-4-28-22(30-19-8-6-17(14-24)12-21(19)26-3)15-27-9-10-29-18-7-5-16(13-23)11-20(18)25-2;;/h5-8,11-14,22H,4,9-10,15H2,1-3H3;;/q;+1;-1. The summed E-state index contributed by atoms with van der Waals surface area (Å²) in [6, 6.07) is 9.78. The molecule has 0 radical (unpaired) electrons. The molecule has 0 heterocycles. The van der Waals surface area contributed by atoms with E-state index in [4.69, 9.17) is 28.4 Å². The van der Waals surface area contributed by atoms with Crippen LogP contribution in [0.1, 0.15) is 29.1 Å². The third kappa shape index (κ3) is 8.89. The third-order valence-corrected chi connectivity index (χ3v) is 4.00. The molecule has 2 aromatic carbocycles. The second-order valence-corrected chi connectivity index (χ2v) is 5.98. The molecule has 2 aromatic rings. The van der Waals surface area contributed by atoms with Crippen molar-refractivity contribution in [2.24, 2.45) is 0 Å². The summed E-state index contributed by atoms with van der Waals surface area (Å²) >= 11 is 0. The van der Waals surface area contributed by atoms with Gasteiger partial charge < -0.3 is 29.8 Å². The van der Waals surface area contributed by atoms with Crippen LogP contribution in [0.3, 0.4) is 0 Å². The van der Waals surface area contributed by atoms with Crippen LogP contribution in [-0.4, -0.2) is 59.5 Å². The first-order valence-corrected chi connectivity index (χ1v) is 9.40. The zero-order chi connectivity index (χ0) is 21.8. The van der Waals surface area contributed by atoms with E-state index in [1.807, 2.05) is 6.92 Å². The van der Waals surface area contributed by atoms with Gasteiger partial charge in [0, 0.05) is 17.7 Å². The van der Waals surface area contributed by atoms with Gasteiger partial charge in [-0.05, 0) is 43.3 Å². The number of benzene rings is 2. The van der Waals surface area contributed by atoms with Crippen LogP contribution in [-0.2, 0) is 9.47 Å². The van der Waals surface area contributed by atoms with Crippen LogP contribution in [0.4, 0.5) is 0 Å². The molecular formula is C22H27KO8. The average Bonchev–Trinajstić information content (AvgIpc) is 2.79. The van der Waals surface area contributed by atoms with Gasteiger partial charge in [-0.25, -0.2) is 0 Å². The van der Waals surface area contributed by atoms with Crippen LogP contribution in [0.15, 0.2) is 36.4 Å². The molecule has 31 heavy (non-hydrogen) atoms. The molecule has 0 aliphatic carbocycles. The van der Waals surface area contributed by atoms with Gasteiger partial charge in [0.2, 0.25) is 6.29 Å². The molecule has 0 fully saturated rings. The van der Waals surface area contributed by atoms with Crippen molar-refractivity contribution in [3.05, 3.63) is 47.5 Å². The van der Waals surface area contributed by atoms with E-state index in [-0.39, 0.29) is 72.6 Å². The van der Waals surface area contributed by atoms with Gasteiger partial charge in [0.25, 0.3) is 0 Å². The Hall–Kier alpha value is -1.46. The van der Waals surface area contributed by atoms with Crippen LogP contribution in [0.25, 0.3) is 0 Å².